The standard InChI is InChI=1S/C49H72ClN4O10/c1-30-7-11-38-32(3)42(57-44-48(38)36(30)13-16-46(5,59-44)61-63-48)55-27-25-54(23-21-53(22-24-54)20-19-52-40-15-18-51-41-29-34(50)9-10-35(40)41)26-28-56-43-33(4)39-12-8-31(2)37-14-17-47(6)60-45(58-43)49(37,39)64-62-47/h9-10,15,18,29-33,36-39,42-45H,7-8,11-14,16-17,19-28H2,1-6H3,(H,51,52)/q+1/t30-,31-,32-,33-,36?,37?,38?,39?,42+,43+,44-,45-,46+,47+,48?,49?/m1/s1. The van der Waals surface area contributed by atoms with E-state index in [1.54, 1.807) is 0 Å². The van der Waals surface area contributed by atoms with Crippen molar-refractivity contribution in [2.45, 2.75) is 141 Å². The van der Waals surface area contributed by atoms with E-state index in [9.17, 15) is 0 Å². The molecule has 0 amide bonds. The van der Waals surface area contributed by atoms with Gasteiger partial charge in [-0.25, -0.2) is 19.6 Å². The fourth-order valence-corrected chi connectivity index (χ4v) is 14.4. The molecule has 9 aliphatic heterocycles. The molecule has 2 spiro atoms. The Morgan fingerprint density at radius 2 is 1.30 bits per heavy atom. The maximum Gasteiger partial charge on any atom is 0.201 e. The summed E-state index contributed by atoms with van der Waals surface area (Å²) in [6, 6.07) is 7.93. The molecule has 14 nitrogen and oxygen atoms in total. The Morgan fingerprint density at radius 3 is 1.86 bits per heavy atom. The summed E-state index contributed by atoms with van der Waals surface area (Å²) in [6.07, 6.45) is 8.06. The molecule has 2 aliphatic carbocycles. The Morgan fingerprint density at radius 1 is 0.734 bits per heavy atom. The Hall–Kier alpha value is -1.76. The van der Waals surface area contributed by atoms with Gasteiger partial charge in [0, 0.05) is 85.0 Å². The first kappa shape index (κ1) is 44.7. The van der Waals surface area contributed by atoms with Crippen LogP contribution in [0.1, 0.15) is 92.9 Å². The van der Waals surface area contributed by atoms with Crippen molar-refractivity contribution in [3.05, 3.63) is 35.5 Å². The van der Waals surface area contributed by atoms with Crippen molar-refractivity contribution in [2.75, 3.05) is 70.9 Å². The first-order valence-corrected chi connectivity index (χ1v) is 25.2. The normalized spacial score (nSPS) is 45.9. The summed E-state index contributed by atoms with van der Waals surface area (Å²) in [6.45, 7) is 21.8. The van der Waals surface area contributed by atoms with E-state index in [2.05, 4.69) is 42.9 Å². The number of anilines is 1. The van der Waals surface area contributed by atoms with Gasteiger partial charge in [-0.1, -0.05) is 39.3 Å². The van der Waals surface area contributed by atoms with Gasteiger partial charge in [0.05, 0.1) is 31.8 Å². The predicted molar refractivity (Wildman–Crippen MR) is 237 cm³/mol. The molecule has 1 N–H and O–H groups in total. The molecule has 1 aromatic carbocycles. The molecule has 11 aliphatic rings. The van der Waals surface area contributed by atoms with Gasteiger partial charge in [0.25, 0.3) is 0 Å². The summed E-state index contributed by atoms with van der Waals surface area (Å²) in [5.74, 6) is 0.763. The highest BCUT2D eigenvalue weighted by Gasteiger charge is 2.71. The topological polar surface area (TPSA) is 120 Å². The minimum Gasteiger partial charge on any atom is -0.383 e. The van der Waals surface area contributed by atoms with E-state index in [4.69, 9.17) is 59.6 Å². The van der Waals surface area contributed by atoms with Crippen LogP contribution in [0.15, 0.2) is 30.5 Å². The van der Waals surface area contributed by atoms with Crippen LogP contribution in [0.5, 0.6) is 0 Å². The van der Waals surface area contributed by atoms with E-state index < -0.39 is 35.4 Å². The predicted octanol–water partition coefficient (Wildman–Crippen LogP) is 7.88. The monoisotopic (exact) mass is 911 g/mol. The molecular formula is C49H72ClN4O10+. The van der Waals surface area contributed by atoms with Gasteiger partial charge >= 0.3 is 0 Å². The molecule has 13 rings (SSSR count). The van der Waals surface area contributed by atoms with Crippen molar-refractivity contribution in [2.24, 2.45) is 47.3 Å². The Kier molecular flexibility index (Phi) is 11.9. The molecule has 10 heterocycles. The van der Waals surface area contributed by atoms with Crippen molar-refractivity contribution in [1.82, 2.24) is 9.88 Å². The maximum absolute atomic E-state index is 6.87. The van der Waals surface area contributed by atoms with Crippen LogP contribution < -0.4 is 5.32 Å². The number of halogens is 1. The minimum absolute atomic E-state index is 0.130. The highest BCUT2D eigenvalue weighted by atomic mass is 35.5. The molecule has 4 bridgehead atoms. The highest BCUT2D eigenvalue weighted by Crippen LogP contribution is 2.62. The van der Waals surface area contributed by atoms with Crippen molar-refractivity contribution < 1.29 is 52.5 Å². The van der Waals surface area contributed by atoms with Crippen molar-refractivity contribution in [3.8, 4) is 0 Å². The first-order valence-electron chi connectivity index (χ1n) is 24.8. The lowest BCUT2D eigenvalue weighted by molar-refractivity contribution is -0.933. The van der Waals surface area contributed by atoms with E-state index in [-0.39, 0.29) is 36.3 Å². The SMILES string of the molecule is C[C@@H]1CCC2[C@@H](C)[C@@H](OCC[N+]3(CCO[C@H]4O[C@@H]5O[C@]6(C)CCC7[C@H](C)CCC([C@H]4C)C75OO6)CCN(CCNc4ccnc5cc(Cl)ccc45)CC3)O[C@@H]3O[C@]4(C)CCC1C23OO4. The second-order valence-corrected chi connectivity index (χ2v) is 22.2. The van der Waals surface area contributed by atoms with E-state index in [0.717, 1.165) is 112 Å². The van der Waals surface area contributed by atoms with Crippen molar-refractivity contribution in [1.29, 1.82) is 0 Å². The van der Waals surface area contributed by atoms with E-state index in [1.165, 1.54) is 12.8 Å². The van der Waals surface area contributed by atoms with Gasteiger partial charge in [-0.3, -0.25) is 9.88 Å². The van der Waals surface area contributed by atoms with Crippen LogP contribution >= 0.6 is 11.6 Å². The molecule has 16 atom stereocenters. The Bertz CT molecular complexity index is 1930. The molecule has 11 fully saturated rings. The fourth-order valence-electron chi connectivity index (χ4n) is 14.2. The Labute approximate surface area is 383 Å². The number of ether oxygens (including phenoxy) is 6. The maximum atomic E-state index is 6.87. The number of hydrogen-bond acceptors (Lipinski definition) is 13. The zero-order valence-corrected chi connectivity index (χ0v) is 39.6. The number of hydrogen-bond donors (Lipinski definition) is 1. The van der Waals surface area contributed by atoms with Gasteiger partial charge < -0.3 is 38.2 Å². The number of pyridine rings is 1. The first-order chi connectivity index (χ1) is 30.8. The summed E-state index contributed by atoms with van der Waals surface area (Å²) < 4.78 is 41.6. The number of fused-ring (bicyclic) bond motifs is 5. The summed E-state index contributed by atoms with van der Waals surface area (Å²) in [5, 5.41) is 5.45. The van der Waals surface area contributed by atoms with Crippen LogP contribution in [0.3, 0.4) is 0 Å². The second-order valence-electron chi connectivity index (χ2n) is 21.8. The smallest absolute Gasteiger partial charge is 0.201 e. The van der Waals surface area contributed by atoms with Gasteiger partial charge in [0.15, 0.2) is 36.4 Å². The van der Waals surface area contributed by atoms with Crippen LogP contribution in [0.2, 0.25) is 5.02 Å². The molecule has 64 heavy (non-hydrogen) atoms. The molecule has 6 unspecified atom stereocenters. The van der Waals surface area contributed by atoms with Crippen LogP contribution in [0.25, 0.3) is 10.9 Å². The number of piperazine rings is 1. The molecule has 354 valence electrons. The van der Waals surface area contributed by atoms with Crippen molar-refractivity contribution >= 4 is 28.2 Å². The number of rotatable bonds is 12. The molecule has 2 saturated carbocycles. The average molecular weight is 913 g/mol. The third-order valence-electron chi connectivity index (χ3n) is 18.1. The van der Waals surface area contributed by atoms with Gasteiger partial charge in [0.1, 0.15) is 13.1 Å². The third-order valence-corrected chi connectivity index (χ3v) is 18.4. The van der Waals surface area contributed by atoms with Gasteiger partial charge in [-0.05, 0) is 100 Å². The van der Waals surface area contributed by atoms with Gasteiger partial charge in [-0.15, -0.1) is 0 Å². The summed E-state index contributed by atoms with van der Waals surface area (Å²) >= 11 is 6.27. The highest BCUT2D eigenvalue weighted by molar-refractivity contribution is 6.31. The number of nitrogens with one attached hydrogen (secondary N) is 1. The molecule has 1 aromatic heterocycles. The largest absolute Gasteiger partial charge is 0.383 e. The summed E-state index contributed by atoms with van der Waals surface area (Å²) in [4.78, 5) is 32.1. The number of quaternary nitrogens is 1. The number of benzene rings is 1. The zero-order valence-electron chi connectivity index (χ0n) is 38.8. The minimum atomic E-state index is -0.814. The van der Waals surface area contributed by atoms with Crippen LogP contribution in [-0.2, 0) is 48.0 Å². The molecule has 9 saturated heterocycles. The lowest BCUT2D eigenvalue weighted by Gasteiger charge is -2.60. The van der Waals surface area contributed by atoms with E-state index >= 15 is 0 Å². The van der Waals surface area contributed by atoms with Crippen LogP contribution in [0.4, 0.5) is 5.69 Å². The average Bonchev–Trinajstić information content (AvgIpc) is 3.66. The number of nitrogens with zero attached hydrogens (tertiary/aromatic N) is 3. The van der Waals surface area contributed by atoms with Gasteiger partial charge in [0.2, 0.25) is 11.6 Å². The van der Waals surface area contributed by atoms with E-state index in [1.807, 2.05) is 44.3 Å². The zero-order chi connectivity index (χ0) is 44.1. The molecule has 0 radical (unpaired) electrons. The molecule has 15 heteroatoms. The summed E-state index contributed by atoms with van der Waals surface area (Å²) in [7, 11) is 0. The second kappa shape index (κ2) is 17.0. The fraction of sp³-hybridized carbons (Fsp3) is 0.816. The lowest BCUT2D eigenvalue weighted by Crippen LogP contribution is -2.70. The third kappa shape index (κ3) is 7.56. The summed E-state index contributed by atoms with van der Waals surface area (Å²) in [5.41, 5.74) is 0.770. The Balaban J connectivity index is 0.764. The lowest BCUT2D eigenvalue weighted by atomic mass is 9.58. The van der Waals surface area contributed by atoms with Crippen molar-refractivity contribution in [3.63, 3.8) is 0 Å². The van der Waals surface area contributed by atoms with Crippen LogP contribution in [-0.4, -0.2) is 128 Å². The van der Waals surface area contributed by atoms with Gasteiger partial charge in [-0.2, -0.15) is 0 Å². The number of aromatic nitrogens is 1. The van der Waals surface area contributed by atoms with E-state index in [0.29, 0.717) is 41.9 Å². The molecular weight excluding hydrogens is 840 g/mol. The van der Waals surface area contributed by atoms with Crippen LogP contribution in [0, 0.1) is 47.3 Å². The quantitative estimate of drug-likeness (QED) is 0.165. The molecule has 2 aromatic rings.